The van der Waals surface area contributed by atoms with Crippen molar-refractivity contribution < 1.29 is 18.0 Å². The summed E-state index contributed by atoms with van der Waals surface area (Å²) in [5, 5.41) is 5.90. The summed E-state index contributed by atoms with van der Waals surface area (Å²) in [6.45, 7) is 1.73. The van der Waals surface area contributed by atoms with Crippen molar-refractivity contribution >= 4 is 23.4 Å². The van der Waals surface area contributed by atoms with Crippen LogP contribution in [0.4, 0.5) is 18.9 Å². The number of anilines is 1. The van der Waals surface area contributed by atoms with Crippen LogP contribution >= 0.6 is 11.8 Å². The molecule has 1 aromatic carbocycles. The van der Waals surface area contributed by atoms with Crippen molar-refractivity contribution in [1.29, 1.82) is 0 Å². The highest BCUT2D eigenvalue weighted by Gasteiger charge is 2.27. The molecule has 0 aromatic heterocycles. The second-order valence-corrected chi connectivity index (χ2v) is 6.03. The molecule has 0 bridgehead atoms. The molecular weight excluding hydrogens is 301 g/mol. The van der Waals surface area contributed by atoms with Gasteiger partial charge in [0.1, 0.15) is 0 Å². The average Bonchev–Trinajstić information content (AvgIpc) is 2.89. The predicted octanol–water partition coefficient (Wildman–Crippen LogP) is 3.28. The lowest BCUT2D eigenvalue weighted by Gasteiger charge is -2.13. The van der Waals surface area contributed by atoms with Gasteiger partial charge in [-0.3, -0.25) is 4.79 Å². The van der Waals surface area contributed by atoms with Crippen LogP contribution in [-0.4, -0.2) is 30.9 Å². The van der Waals surface area contributed by atoms with Gasteiger partial charge in [-0.2, -0.15) is 13.2 Å². The molecule has 0 aliphatic carbocycles. The van der Waals surface area contributed by atoms with E-state index in [4.69, 9.17) is 0 Å². The Labute approximate surface area is 125 Å². The van der Waals surface area contributed by atoms with E-state index in [-0.39, 0.29) is 5.91 Å². The Morgan fingerprint density at radius 1 is 1.38 bits per heavy atom. The van der Waals surface area contributed by atoms with Crippen molar-refractivity contribution in [1.82, 2.24) is 5.32 Å². The van der Waals surface area contributed by atoms with Gasteiger partial charge in [0.2, 0.25) is 5.91 Å². The van der Waals surface area contributed by atoms with Gasteiger partial charge in [0, 0.05) is 11.3 Å². The molecule has 1 saturated heterocycles. The quantitative estimate of drug-likeness (QED) is 0.819. The van der Waals surface area contributed by atoms with Gasteiger partial charge in [0.05, 0.1) is 11.4 Å². The Balaban J connectivity index is 1.93. The van der Waals surface area contributed by atoms with Crippen LogP contribution in [0.1, 0.15) is 12.8 Å². The van der Waals surface area contributed by atoms with E-state index in [0.29, 0.717) is 34.7 Å². The molecule has 2 N–H and O–H groups in total. The fourth-order valence-electron chi connectivity index (χ4n) is 2.21. The van der Waals surface area contributed by atoms with Gasteiger partial charge in [0.15, 0.2) is 0 Å². The largest absolute Gasteiger partial charge is 0.398 e. The zero-order chi connectivity index (χ0) is 15.3. The van der Waals surface area contributed by atoms with E-state index in [1.807, 2.05) is 0 Å². The number of hydrogen-bond donors (Lipinski definition) is 2. The van der Waals surface area contributed by atoms with Crippen LogP contribution in [0.15, 0.2) is 29.2 Å². The maximum Gasteiger partial charge on any atom is 0.398 e. The van der Waals surface area contributed by atoms with Crippen molar-refractivity contribution in [3.8, 4) is 0 Å². The molecule has 2 rings (SSSR count). The Hall–Kier alpha value is -1.21. The predicted molar refractivity (Wildman–Crippen MR) is 77.4 cm³/mol. The zero-order valence-electron chi connectivity index (χ0n) is 11.4. The number of carbonyl (C=O) groups excluding carboxylic acids is 1. The van der Waals surface area contributed by atoms with Gasteiger partial charge in [-0.05, 0) is 37.6 Å². The highest BCUT2D eigenvalue weighted by atomic mass is 32.2. The summed E-state index contributed by atoms with van der Waals surface area (Å²) >= 11 is 0.687. The molecule has 1 atom stereocenters. The first-order chi connectivity index (χ1) is 9.94. The van der Waals surface area contributed by atoms with Crippen LogP contribution in [0.5, 0.6) is 0 Å². The molecule has 1 heterocycles. The highest BCUT2D eigenvalue weighted by Crippen LogP contribution is 2.32. The number of amides is 1. The van der Waals surface area contributed by atoms with E-state index in [9.17, 15) is 18.0 Å². The summed E-state index contributed by atoms with van der Waals surface area (Å²) in [6.07, 6.45) is -2.87. The van der Waals surface area contributed by atoms with Gasteiger partial charge in [-0.25, -0.2) is 0 Å². The monoisotopic (exact) mass is 318 g/mol. The minimum absolute atomic E-state index is 0.149. The molecule has 1 aliphatic heterocycles. The number of para-hydroxylation sites is 1. The van der Waals surface area contributed by atoms with E-state index in [0.717, 1.165) is 19.5 Å². The maximum absolute atomic E-state index is 12.3. The first-order valence-corrected chi connectivity index (χ1v) is 7.72. The number of benzene rings is 1. The molecule has 1 fully saturated rings. The summed E-state index contributed by atoms with van der Waals surface area (Å²) in [6, 6.07) is 6.58. The molecule has 1 aliphatic rings. The lowest BCUT2D eigenvalue weighted by atomic mass is 10.0. The Morgan fingerprint density at radius 3 is 2.81 bits per heavy atom. The summed E-state index contributed by atoms with van der Waals surface area (Å²) in [7, 11) is 0. The average molecular weight is 318 g/mol. The Bertz CT molecular complexity index is 487. The van der Waals surface area contributed by atoms with Gasteiger partial charge in [-0.1, -0.05) is 12.1 Å². The number of nitrogens with one attached hydrogen (secondary N) is 2. The molecule has 116 valence electrons. The number of hydrogen-bond acceptors (Lipinski definition) is 3. The highest BCUT2D eigenvalue weighted by molar-refractivity contribution is 7.99. The summed E-state index contributed by atoms with van der Waals surface area (Å²) in [5.74, 6) is -0.810. The standard InChI is InChI=1S/C14H17F3N2OS/c15-14(16,17)9-21-12-4-2-1-3-11(12)19-13(20)7-10-5-6-18-8-10/h1-4,10,18H,5-9H2,(H,19,20). The lowest BCUT2D eigenvalue weighted by Crippen LogP contribution is -2.18. The van der Waals surface area contributed by atoms with Crippen LogP contribution < -0.4 is 10.6 Å². The van der Waals surface area contributed by atoms with Gasteiger partial charge in [0.25, 0.3) is 0 Å². The molecule has 21 heavy (non-hydrogen) atoms. The van der Waals surface area contributed by atoms with Crippen LogP contribution in [0.25, 0.3) is 0 Å². The molecule has 1 unspecified atom stereocenters. The van der Waals surface area contributed by atoms with Crippen LogP contribution in [0.3, 0.4) is 0 Å². The molecule has 1 amide bonds. The second kappa shape index (κ2) is 7.17. The molecule has 0 spiro atoms. The van der Waals surface area contributed by atoms with E-state index in [1.54, 1.807) is 24.3 Å². The maximum atomic E-state index is 12.3. The van der Waals surface area contributed by atoms with E-state index in [2.05, 4.69) is 10.6 Å². The lowest BCUT2D eigenvalue weighted by molar-refractivity contribution is -0.117. The van der Waals surface area contributed by atoms with Crippen molar-refractivity contribution in [2.45, 2.75) is 23.9 Å². The molecule has 7 heteroatoms. The zero-order valence-corrected chi connectivity index (χ0v) is 12.2. The fourth-order valence-corrected chi connectivity index (χ4v) is 2.98. The van der Waals surface area contributed by atoms with Gasteiger partial charge in [-0.15, -0.1) is 11.8 Å². The van der Waals surface area contributed by atoms with Crippen molar-refractivity contribution in [2.24, 2.45) is 5.92 Å². The second-order valence-electron chi connectivity index (χ2n) is 5.01. The van der Waals surface area contributed by atoms with Crippen LogP contribution in [0, 0.1) is 5.92 Å². The minimum Gasteiger partial charge on any atom is -0.325 e. The first kappa shape index (κ1) is 16.2. The summed E-state index contributed by atoms with van der Waals surface area (Å²) in [5.41, 5.74) is 0.447. The third kappa shape index (κ3) is 5.59. The number of alkyl halides is 3. The van der Waals surface area contributed by atoms with E-state index < -0.39 is 11.9 Å². The smallest absolute Gasteiger partial charge is 0.325 e. The summed E-state index contributed by atoms with van der Waals surface area (Å²) in [4.78, 5) is 12.4. The Kier molecular flexibility index (Phi) is 5.52. The molecule has 1 aromatic rings. The van der Waals surface area contributed by atoms with Crippen molar-refractivity contribution in [2.75, 3.05) is 24.2 Å². The minimum atomic E-state index is -4.22. The van der Waals surface area contributed by atoms with E-state index >= 15 is 0 Å². The third-order valence-corrected chi connectivity index (χ3v) is 4.33. The number of rotatable bonds is 5. The van der Waals surface area contributed by atoms with Crippen LogP contribution in [0.2, 0.25) is 0 Å². The van der Waals surface area contributed by atoms with Gasteiger partial charge < -0.3 is 10.6 Å². The van der Waals surface area contributed by atoms with Gasteiger partial charge >= 0.3 is 6.18 Å². The van der Waals surface area contributed by atoms with Crippen molar-refractivity contribution in [3.63, 3.8) is 0 Å². The normalized spacial score (nSPS) is 18.7. The number of thioether (sulfide) groups is 1. The van der Waals surface area contributed by atoms with E-state index in [1.165, 1.54) is 0 Å². The number of carbonyl (C=O) groups is 1. The molecule has 0 radical (unpaired) electrons. The van der Waals surface area contributed by atoms with Crippen molar-refractivity contribution in [3.05, 3.63) is 24.3 Å². The summed E-state index contributed by atoms with van der Waals surface area (Å²) < 4.78 is 36.9. The molecule has 0 saturated carbocycles. The SMILES string of the molecule is O=C(CC1CCNC1)Nc1ccccc1SCC(F)(F)F. The number of halogens is 3. The third-order valence-electron chi connectivity index (χ3n) is 3.19. The molecule has 3 nitrogen and oxygen atoms in total. The Morgan fingerprint density at radius 2 is 2.14 bits per heavy atom. The first-order valence-electron chi connectivity index (χ1n) is 6.73. The molecular formula is C14H17F3N2OS. The fraction of sp³-hybridized carbons (Fsp3) is 0.500. The van der Waals surface area contributed by atoms with Crippen LogP contribution in [-0.2, 0) is 4.79 Å². The topological polar surface area (TPSA) is 41.1 Å².